The van der Waals surface area contributed by atoms with E-state index in [4.69, 9.17) is 32.2 Å². The van der Waals surface area contributed by atoms with Gasteiger partial charge in [0.25, 0.3) is 5.97 Å². The summed E-state index contributed by atoms with van der Waals surface area (Å²) in [5.41, 5.74) is -0.784. The molecule has 0 amide bonds. The molecular formula is C46H79F3O7Si3. The maximum atomic E-state index is 13.6. The van der Waals surface area contributed by atoms with Crippen LogP contribution >= 0.6 is 0 Å². The molecule has 0 N–H and O–H groups in total. The van der Waals surface area contributed by atoms with E-state index in [-0.39, 0.29) is 46.9 Å². The molecule has 2 bridgehead atoms. The lowest BCUT2D eigenvalue weighted by Crippen LogP contribution is -2.58. The Hall–Kier alpha value is -1.30. The number of ether oxygens (including phenoxy) is 4. The van der Waals surface area contributed by atoms with Gasteiger partial charge in [-0.05, 0) is 104 Å². The molecule has 0 radical (unpaired) electrons. The van der Waals surface area contributed by atoms with E-state index < -0.39 is 48.8 Å². The van der Waals surface area contributed by atoms with Gasteiger partial charge in [0.2, 0.25) is 0 Å². The molecule has 5 rings (SSSR count). The number of hydrogen-bond acceptors (Lipinski definition) is 7. The minimum Gasteiger partial charge on any atom is -0.491 e. The fourth-order valence-electron chi connectivity index (χ4n) is 8.57. The van der Waals surface area contributed by atoms with Crippen LogP contribution < -0.4 is 4.74 Å². The van der Waals surface area contributed by atoms with Crippen LogP contribution in [0.3, 0.4) is 0 Å². The standard InChI is InChI=1S/C46H79F3O7Si3/c1-13-58(14-2,15-3)55-41-31-42(56-59(16-4,17-5)18-6)40(39(41)26-21-19-20-22-29-45-51-33-44(10,34-52-45)35-53-45)28-27-38(54-57(11,12)43(7,8)9)32-50-37-25-23-24-36(30-37)46(47,48)49/h19,21,23-25,27-28,30,38-42H,13-18,20,22,26,29,31-35H2,1-12H3/b21-19-,28-27+/t38-,39-,40-,41+,42-,44?,45?/m1/s1. The van der Waals surface area contributed by atoms with Crippen molar-refractivity contribution in [1.82, 2.24) is 0 Å². The molecule has 3 aliphatic heterocycles. The molecule has 13 heteroatoms. The van der Waals surface area contributed by atoms with E-state index in [2.05, 4.69) is 107 Å². The van der Waals surface area contributed by atoms with Crippen molar-refractivity contribution in [3.8, 4) is 5.75 Å². The topological polar surface area (TPSA) is 64.6 Å². The Kier molecular flexibility index (Phi) is 17.9. The molecule has 4 fully saturated rings. The zero-order valence-electron chi connectivity index (χ0n) is 38.6. The molecule has 5 atom stereocenters. The fraction of sp³-hybridized carbons (Fsp3) is 0.783. The van der Waals surface area contributed by atoms with Crippen LogP contribution in [0.5, 0.6) is 5.75 Å². The second-order valence-corrected chi connectivity index (χ2v) is 33.6. The van der Waals surface area contributed by atoms with Crippen molar-refractivity contribution in [2.75, 3.05) is 26.4 Å². The Morgan fingerprint density at radius 1 is 0.831 bits per heavy atom. The molecule has 3 saturated heterocycles. The lowest BCUT2D eigenvalue weighted by Gasteiger charge is -2.50. The Morgan fingerprint density at radius 3 is 1.92 bits per heavy atom. The molecule has 4 aliphatic rings. The first-order valence-corrected chi connectivity index (χ1v) is 30.7. The van der Waals surface area contributed by atoms with Crippen LogP contribution in [0.4, 0.5) is 13.2 Å². The minimum atomic E-state index is -4.46. The summed E-state index contributed by atoms with van der Waals surface area (Å²) in [4.78, 5) is 0. The molecule has 338 valence electrons. The lowest BCUT2D eigenvalue weighted by molar-refractivity contribution is -0.467. The van der Waals surface area contributed by atoms with E-state index in [1.165, 1.54) is 6.07 Å². The van der Waals surface area contributed by atoms with E-state index in [1.54, 1.807) is 6.07 Å². The van der Waals surface area contributed by atoms with Crippen molar-refractivity contribution in [2.45, 2.75) is 186 Å². The van der Waals surface area contributed by atoms with Gasteiger partial charge in [0.1, 0.15) is 12.4 Å². The number of rotatable bonds is 23. The van der Waals surface area contributed by atoms with Gasteiger partial charge in [-0.15, -0.1) is 0 Å². The molecule has 7 nitrogen and oxygen atoms in total. The van der Waals surface area contributed by atoms with E-state index in [1.807, 2.05) is 0 Å². The number of unbranched alkanes of at least 4 members (excludes halogenated alkanes) is 1. The van der Waals surface area contributed by atoms with Crippen LogP contribution in [0.1, 0.15) is 107 Å². The number of alkyl halides is 3. The number of fused-ring (bicyclic) bond motifs is 3. The largest absolute Gasteiger partial charge is 0.491 e. The highest BCUT2D eigenvalue weighted by atomic mass is 28.4. The smallest absolute Gasteiger partial charge is 0.416 e. The predicted molar refractivity (Wildman–Crippen MR) is 240 cm³/mol. The average Bonchev–Trinajstić information content (AvgIpc) is 3.52. The normalized spacial score (nSPS) is 27.6. The van der Waals surface area contributed by atoms with Gasteiger partial charge in [-0.25, -0.2) is 0 Å². The summed E-state index contributed by atoms with van der Waals surface area (Å²) in [5, 5.41) is -0.0812. The number of hydrogen-bond donors (Lipinski definition) is 0. The Morgan fingerprint density at radius 2 is 1.39 bits per heavy atom. The van der Waals surface area contributed by atoms with Gasteiger partial charge in [0.15, 0.2) is 25.0 Å². The number of benzene rings is 1. The highest BCUT2D eigenvalue weighted by Crippen LogP contribution is 2.46. The van der Waals surface area contributed by atoms with Crippen LogP contribution in [0, 0.1) is 17.3 Å². The van der Waals surface area contributed by atoms with Gasteiger partial charge < -0.3 is 32.2 Å². The summed E-state index contributed by atoms with van der Waals surface area (Å²) in [6.45, 7) is 28.9. The summed E-state index contributed by atoms with van der Waals surface area (Å²) in [7, 11) is -6.32. The molecular weight excluding hydrogens is 806 g/mol. The van der Waals surface area contributed by atoms with Gasteiger partial charge in [0.05, 0.1) is 43.7 Å². The maximum absolute atomic E-state index is 13.6. The van der Waals surface area contributed by atoms with Gasteiger partial charge in [-0.2, -0.15) is 13.2 Å². The lowest BCUT2D eigenvalue weighted by atomic mass is 9.89. The molecule has 1 aliphatic carbocycles. The molecule has 0 unspecified atom stereocenters. The SMILES string of the molecule is CC[Si](CC)(CC)O[C@H]1C[C@@H](O[Si](CC)(CC)CC)[C@H](/C=C/[C@H](COc2cccc(C(F)(F)F)c2)O[Si](C)(C)C(C)(C)C)[C@H]1C/C=C\CCCC12OCC(C)(CO1)CO2. The van der Waals surface area contributed by atoms with Crippen molar-refractivity contribution >= 4 is 25.0 Å². The maximum Gasteiger partial charge on any atom is 0.416 e. The molecule has 0 spiro atoms. The fourth-order valence-corrected chi connectivity index (χ4v) is 15.6. The zero-order chi connectivity index (χ0) is 43.8. The minimum absolute atomic E-state index is 0.00910. The van der Waals surface area contributed by atoms with Crippen molar-refractivity contribution in [3.05, 3.63) is 54.1 Å². The third-order valence-corrected chi connectivity index (χ3v) is 28.1. The van der Waals surface area contributed by atoms with Crippen molar-refractivity contribution in [2.24, 2.45) is 17.3 Å². The van der Waals surface area contributed by atoms with Gasteiger partial charge in [0, 0.05) is 17.8 Å². The van der Waals surface area contributed by atoms with Crippen LogP contribution in [0.15, 0.2) is 48.6 Å². The molecule has 3 heterocycles. The Bertz CT molecular complexity index is 1460. The Balaban J connectivity index is 1.66. The quantitative estimate of drug-likeness (QED) is 0.0616. The summed E-state index contributed by atoms with van der Waals surface area (Å²) in [6.07, 6.45) is 8.34. The van der Waals surface area contributed by atoms with Crippen molar-refractivity contribution < 1.29 is 45.4 Å². The van der Waals surface area contributed by atoms with E-state index in [0.717, 1.165) is 74.1 Å². The summed E-state index contributed by atoms with van der Waals surface area (Å²) < 4.78 is 87.0. The van der Waals surface area contributed by atoms with E-state index in [9.17, 15) is 13.2 Å². The Labute approximate surface area is 358 Å². The molecule has 1 saturated carbocycles. The third kappa shape index (κ3) is 13.1. The first-order valence-electron chi connectivity index (χ1n) is 22.7. The summed E-state index contributed by atoms with van der Waals surface area (Å²) >= 11 is 0. The average molecular weight is 885 g/mol. The first-order chi connectivity index (χ1) is 27.7. The predicted octanol–water partition coefficient (Wildman–Crippen LogP) is 13.3. The van der Waals surface area contributed by atoms with Crippen molar-refractivity contribution in [1.29, 1.82) is 0 Å². The van der Waals surface area contributed by atoms with Gasteiger partial charge in [-0.1, -0.05) is 99.6 Å². The summed E-state index contributed by atoms with van der Waals surface area (Å²) in [5.74, 6) is -0.491. The van der Waals surface area contributed by atoms with E-state index >= 15 is 0 Å². The monoisotopic (exact) mass is 885 g/mol. The first kappa shape index (κ1) is 50.3. The molecule has 59 heavy (non-hydrogen) atoms. The van der Waals surface area contributed by atoms with Gasteiger partial charge >= 0.3 is 6.18 Å². The second kappa shape index (κ2) is 20.9. The van der Waals surface area contributed by atoms with Crippen LogP contribution in [0.2, 0.25) is 54.4 Å². The van der Waals surface area contributed by atoms with Crippen LogP contribution in [0.25, 0.3) is 0 Å². The van der Waals surface area contributed by atoms with Crippen LogP contribution in [-0.4, -0.2) is 75.7 Å². The van der Waals surface area contributed by atoms with Crippen LogP contribution in [-0.2, 0) is 33.7 Å². The molecule has 1 aromatic carbocycles. The van der Waals surface area contributed by atoms with E-state index in [0.29, 0.717) is 26.2 Å². The zero-order valence-corrected chi connectivity index (χ0v) is 41.6. The molecule has 1 aromatic rings. The highest BCUT2D eigenvalue weighted by Gasteiger charge is 2.51. The number of allylic oxidation sites excluding steroid dienone is 2. The number of halogens is 3. The van der Waals surface area contributed by atoms with Crippen molar-refractivity contribution in [3.63, 3.8) is 0 Å². The van der Waals surface area contributed by atoms with Gasteiger partial charge in [-0.3, -0.25) is 0 Å². The summed E-state index contributed by atoms with van der Waals surface area (Å²) in [6, 6.07) is 11.5. The third-order valence-electron chi connectivity index (χ3n) is 14.3. The second-order valence-electron chi connectivity index (χ2n) is 19.4. The highest BCUT2D eigenvalue weighted by molar-refractivity contribution is 6.74. The molecule has 0 aromatic heterocycles.